The summed E-state index contributed by atoms with van der Waals surface area (Å²) in [6, 6.07) is 27.0. The Morgan fingerprint density at radius 2 is 1.50 bits per heavy atom. The van der Waals surface area contributed by atoms with Crippen molar-refractivity contribution in [2.75, 3.05) is 14.2 Å². The average molecular weight is 483 g/mol. The van der Waals surface area contributed by atoms with E-state index in [0.29, 0.717) is 6.54 Å². The molecule has 36 heavy (non-hydrogen) atoms. The summed E-state index contributed by atoms with van der Waals surface area (Å²) in [5.74, 6) is 0.670. The summed E-state index contributed by atoms with van der Waals surface area (Å²) in [7, 11) is 3.15. The molecule has 1 aromatic heterocycles. The summed E-state index contributed by atoms with van der Waals surface area (Å²) >= 11 is 0. The van der Waals surface area contributed by atoms with Crippen molar-refractivity contribution in [3.05, 3.63) is 108 Å². The zero-order valence-corrected chi connectivity index (χ0v) is 21.1. The van der Waals surface area contributed by atoms with E-state index in [9.17, 15) is 4.79 Å². The number of carbonyl (C=O) groups excluding carboxylic acids is 1. The van der Waals surface area contributed by atoms with Gasteiger partial charge in [0.05, 0.1) is 32.9 Å². The quantitative estimate of drug-likeness (QED) is 0.221. The number of aryl methyl sites for hydroxylation is 2. The van der Waals surface area contributed by atoms with Gasteiger partial charge in [0.1, 0.15) is 5.75 Å². The molecule has 0 aliphatic heterocycles. The van der Waals surface area contributed by atoms with Crippen LogP contribution in [-0.2, 0) is 28.9 Å². The lowest BCUT2D eigenvalue weighted by atomic mass is 9.93. The number of hydrogen-bond donors (Lipinski definition) is 0. The highest BCUT2D eigenvalue weighted by Gasteiger charge is 2.18. The lowest BCUT2D eigenvalue weighted by Gasteiger charge is -2.15. The highest BCUT2D eigenvalue weighted by atomic mass is 16.5. The van der Waals surface area contributed by atoms with Crippen LogP contribution in [0, 0.1) is 5.92 Å². The van der Waals surface area contributed by atoms with E-state index < -0.39 is 0 Å². The molecule has 5 nitrogen and oxygen atoms in total. The number of hydrogen-bond acceptors (Lipinski definition) is 4. The Hall–Kier alpha value is -3.86. The van der Waals surface area contributed by atoms with E-state index in [-0.39, 0.29) is 11.9 Å². The zero-order valence-electron chi connectivity index (χ0n) is 21.1. The highest BCUT2D eigenvalue weighted by molar-refractivity contribution is 5.72. The molecule has 0 aliphatic rings. The Labute approximate surface area is 213 Å². The van der Waals surface area contributed by atoms with Crippen molar-refractivity contribution in [1.29, 1.82) is 0 Å². The van der Waals surface area contributed by atoms with E-state index in [2.05, 4.69) is 72.0 Å². The van der Waals surface area contributed by atoms with E-state index in [0.717, 1.165) is 49.0 Å². The molecule has 3 aromatic carbocycles. The molecule has 4 rings (SSSR count). The first kappa shape index (κ1) is 25.2. The molecule has 0 N–H and O–H groups in total. The first-order valence-electron chi connectivity index (χ1n) is 12.5. The van der Waals surface area contributed by atoms with Gasteiger partial charge in [-0.15, -0.1) is 0 Å². The van der Waals surface area contributed by atoms with Crippen LogP contribution in [0.2, 0.25) is 0 Å². The van der Waals surface area contributed by atoms with Crippen LogP contribution < -0.4 is 4.74 Å². The first-order chi connectivity index (χ1) is 17.6. The molecule has 0 bridgehead atoms. The van der Waals surface area contributed by atoms with Crippen LogP contribution >= 0.6 is 0 Å². The summed E-state index contributed by atoms with van der Waals surface area (Å²) in [5, 5.41) is 4.53. The fraction of sp³-hybridized carbons (Fsp3) is 0.290. The van der Waals surface area contributed by atoms with Crippen LogP contribution in [0.4, 0.5) is 0 Å². The first-order valence-corrected chi connectivity index (χ1v) is 12.5. The van der Waals surface area contributed by atoms with Gasteiger partial charge in [-0.25, -0.2) is 0 Å². The molecule has 5 heteroatoms. The number of esters is 1. The van der Waals surface area contributed by atoms with E-state index in [1.165, 1.54) is 23.8 Å². The summed E-state index contributed by atoms with van der Waals surface area (Å²) in [5.41, 5.74) is 5.92. The van der Waals surface area contributed by atoms with Crippen LogP contribution in [0.5, 0.6) is 5.75 Å². The van der Waals surface area contributed by atoms with Gasteiger partial charge >= 0.3 is 5.97 Å². The molecule has 1 unspecified atom stereocenters. The summed E-state index contributed by atoms with van der Waals surface area (Å²) in [6.07, 6.45) is 8.41. The van der Waals surface area contributed by atoms with Gasteiger partial charge < -0.3 is 9.47 Å². The Kier molecular flexibility index (Phi) is 8.92. The van der Waals surface area contributed by atoms with Gasteiger partial charge in [-0.3, -0.25) is 9.48 Å². The molecule has 0 saturated heterocycles. The van der Waals surface area contributed by atoms with E-state index in [1.807, 2.05) is 29.1 Å². The number of nitrogens with zero attached hydrogens (tertiary/aromatic N) is 2. The minimum Gasteiger partial charge on any atom is -0.497 e. The van der Waals surface area contributed by atoms with Gasteiger partial charge in [-0.2, -0.15) is 5.10 Å². The summed E-state index contributed by atoms with van der Waals surface area (Å²) in [6.45, 7) is 0.710. The van der Waals surface area contributed by atoms with Crippen LogP contribution in [0.1, 0.15) is 36.0 Å². The largest absolute Gasteiger partial charge is 0.497 e. The maximum atomic E-state index is 12.3. The predicted molar refractivity (Wildman–Crippen MR) is 143 cm³/mol. The lowest BCUT2D eigenvalue weighted by Crippen LogP contribution is -2.17. The van der Waals surface area contributed by atoms with Gasteiger partial charge in [-0.05, 0) is 66.5 Å². The molecule has 1 heterocycles. The van der Waals surface area contributed by atoms with Crippen molar-refractivity contribution in [3.63, 3.8) is 0 Å². The Morgan fingerprint density at radius 1 is 0.806 bits per heavy atom. The fourth-order valence-corrected chi connectivity index (χ4v) is 4.47. The zero-order chi connectivity index (χ0) is 25.2. The standard InChI is InChI=1S/C31H34N2O3/c1-35-30-19-14-26(15-20-30)22-33-23-29(21-32-33)27-16-11-25(12-17-27)13-18-28(31(34)36-2)10-6-9-24-7-4-3-5-8-24/h3-5,7-8,11-12,14-17,19-21,23,28H,6,9-10,13,18,22H2,1-2H3. The van der Waals surface area contributed by atoms with E-state index in [1.54, 1.807) is 7.11 Å². The predicted octanol–water partition coefficient (Wildman–Crippen LogP) is 6.35. The monoisotopic (exact) mass is 482 g/mol. The number of aromatic nitrogens is 2. The van der Waals surface area contributed by atoms with Crippen molar-refractivity contribution in [2.45, 2.75) is 38.6 Å². The van der Waals surface area contributed by atoms with Gasteiger partial charge in [0.2, 0.25) is 0 Å². The molecule has 1 atom stereocenters. The Morgan fingerprint density at radius 3 is 2.19 bits per heavy atom. The second kappa shape index (κ2) is 12.7. The minimum atomic E-state index is -0.107. The summed E-state index contributed by atoms with van der Waals surface area (Å²) < 4.78 is 12.3. The second-order valence-corrected chi connectivity index (χ2v) is 9.11. The lowest BCUT2D eigenvalue weighted by molar-refractivity contribution is -0.145. The molecule has 0 fully saturated rings. The molecule has 0 radical (unpaired) electrons. The van der Waals surface area contributed by atoms with Gasteiger partial charge in [0, 0.05) is 11.8 Å². The maximum absolute atomic E-state index is 12.3. The van der Waals surface area contributed by atoms with Crippen molar-refractivity contribution in [3.8, 4) is 16.9 Å². The molecule has 4 aromatic rings. The summed E-state index contributed by atoms with van der Waals surface area (Å²) in [4.78, 5) is 12.3. The molecule has 0 spiro atoms. The number of carbonyl (C=O) groups is 1. The van der Waals surface area contributed by atoms with Crippen LogP contribution in [0.3, 0.4) is 0 Å². The normalized spacial score (nSPS) is 11.7. The number of methoxy groups -OCH3 is 2. The molecule has 0 aliphatic carbocycles. The van der Waals surface area contributed by atoms with Crippen molar-refractivity contribution in [2.24, 2.45) is 5.92 Å². The molecular weight excluding hydrogens is 448 g/mol. The van der Waals surface area contributed by atoms with Crippen molar-refractivity contribution >= 4 is 5.97 Å². The highest BCUT2D eigenvalue weighted by Crippen LogP contribution is 2.23. The Bertz CT molecular complexity index is 1210. The number of benzene rings is 3. The third kappa shape index (κ3) is 7.08. The topological polar surface area (TPSA) is 53.3 Å². The van der Waals surface area contributed by atoms with Gasteiger partial charge in [0.15, 0.2) is 0 Å². The third-order valence-electron chi connectivity index (χ3n) is 6.60. The van der Waals surface area contributed by atoms with Crippen LogP contribution in [-0.4, -0.2) is 30.0 Å². The van der Waals surface area contributed by atoms with E-state index in [4.69, 9.17) is 9.47 Å². The molecular formula is C31H34N2O3. The minimum absolute atomic E-state index is 0.0745. The Balaban J connectivity index is 1.30. The van der Waals surface area contributed by atoms with Gasteiger partial charge in [0.25, 0.3) is 0 Å². The smallest absolute Gasteiger partial charge is 0.308 e. The molecule has 186 valence electrons. The van der Waals surface area contributed by atoms with Crippen molar-refractivity contribution < 1.29 is 14.3 Å². The fourth-order valence-electron chi connectivity index (χ4n) is 4.47. The third-order valence-corrected chi connectivity index (χ3v) is 6.60. The number of rotatable bonds is 12. The molecule has 0 amide bonds. The van der Waals surface area contributed by atoms with Crippen LogP contribution in [0.15, 0.2) is 91.3 Å². The van der Waals surface area contributed by atoms with Crippen molar-refractivity contribution in [1.82, 2.24) is 9.78 Å². The van der Waals surface area contributed by atoms with E-state index >= 15 is 0 Å². The average Bonchev–Trinajstić information content (AvgIpc) is 3.40. The second-order valence-electron chi connectivity index (χ2n) is 9.11. The maximum Gasteiger partial charge on any atom is 0.308 e. The van der Waals surface area contributed by atoms with Crippen LogP contribution in [0.25, 0.3) is 11.1 Å². The molecule has 0 saturated carbocycles. The van der Waals surface area contributed by atoms with Gasteiger partial charge in [-0.1, -0.05) is 66.7 Å². The number of ether oxygens (including phenoxy) is 2. The SMILES string of the molecule is COC(=O)C(CCCc1ccccc1)CCc1ccc(-c2cnn(Cc3ccc(OC)cc3)c2)cc1.